The summed E-state index contributed by atoms with van der Waals surface area (Å²) in [4.78, 5) is 48.3. The van der Waals surface area contributed by atoms with E-state index in [9.17, 15) is 19.2 Å². The summed E-state index contributed by atoms with van der Waals surface area (Å²) in [5, 5.41) is 20.0. The molecule has 0 heterocycles. The van der Waals surface area contributed by atoms with Gasteiger partial charge in [-0.3, -0.25) is 14.4 Å². The normalized spacial score (nSPS) is 13.3. The maximum atomic E-state index is 12.5. The van der Waals surface area contributed by atoms with Crippen molar-refractivity contribution in [1.29, 1.82) is 0 Å². The average Bonchev–Trinajstić information content (AvgIpc) is 3.11. The molecule has 0 fully saturated rings. The van der Waals surface area contributed by atoms with E-state index in [-0.39, 0.29) is 37.0 Å². The van der Waals surface area contributed by atoms with Crippen LogP contribution in [0, 0.1) is 5.92 Å². The number of benzene rings is 2. The number of hydrogen-bond donors (Lipinski definition) is 7. The van der Waals surface area contributed by atoms with Gasteiger partial charge in [0.2, 0.25) is 17.7 Å². The van der Waals surface area contributed by atoms with E-state index < -0.39 is 18.1 Å². The van der Waals surface area contributed by atoms with Crippen molar-refractivity contribution in [1.82, 2.24) is 21.3 Å². The van der Waals surface area contributed by atoms with E-state index in [4.69, 9.17) is 26.0 Å². The smallest absolute Gasteiger partial charge is 0.242 e. The lowest BCUT2D eigenvalue weighted by Gasteiger charge is -2.23. The van der Waals surface area contributed by atoms with Gasteiger partial charge in [-0.05, 0) is 69.2 Å². The number of unbranched alkanes of at least 4 members (excludes halogenated alkanes) is 1. The Morgan fingerprint density at radius 3 is 1.94 bits per heavy atom. The molecule has 2 aromatic rings. The Kier molecular flexibility index (Phi) is 24.8. The first-order valence-electron chi connectivity index (χ1n) is 17.5. The van der Waals surface area contributed by atoms with Crippen molar-refractivity contribution in [2.75, 3.05) is 53.2 Å². The number of likely N-dealkylation sites (N-methyl/N-ethyl adjacent to an activating group) is 1. The van der Waals surface area contributed by atoms with Gasteiger partial charge in [-0.1, -0.05) is 74.5 Å². The van der Waals surface area contributed by atoms with Gasteiger partial charge in [-0.25, -0.2) is 0 Å². The van der Waals surface area contributed by atoms with Crippen LogP contribution in [-0.4, -0.2) is 106 Å². The number of amides is 3. The predicted octanol–water partition coefficient (Wildman–Crippen LogP) is 0.859. The zero-order valence-corrected chi connectivity index (χ0v) is 30.0. The van der Waals surface area contributed by atoms with E-state index in [0.717, 1.165) is 30.3 Å². The van der Waals surface area contributed by atoms with Crippen LogP contribution < -0.4 is 32.7 Å². The second-order valence-electron chi connectivity index (χ2n) is 12.3. The van der Waals surface area contributed by atoms with Crippen LogP contribution in [0.15, 0.2) is 60.7 Å². The maximum Gasteiger partial charge on any atom is 0.242 e. The third kappa shape index (κ3) is 20.7. The Bertz CT molecular complexity index is 1190. The summed E-state index contributed by atoms with van der Waals surface area (Å²) in [5.74, 6) is -0.325. The summed E-state index contributed by atoms with van der Waals surface area (Å²) in [6, 6.07) is 17.0. The standard InChI is InChI=1S/C19H40N4O5.C18H20N2O2/c1-15(2)14-17(21-3)19(26)23-16(6-4-5-7-20)18(25)22-8-10-27-12-13-28-11-9-24;19-17(12-15-9-5-2-6-10-15)18(22)20-16(13-21)11-14-7-3-1-4-8-14/h15-17,21,24H,4-14,20H2,1-3H3,(H,22,25)(H,23,26);1-10,13,16-17H,11-12,19H2,(H,20,22)/t2*16-,17?/m11/s1. The number of carbonyl (C=O) groups is 4. The highest BCUT2D eigenvalue weighted by Gasteiger charge is 2.25. The molecule has 0 bridgehead atoms. The first kappa shape index (κ1) is 44.3. The van der Waals surface area contributed by atoms with Crippen molar-refractivity contribution >= 4 is 24.0 Å². The molecule has 280 valence electrons. The molecular formula is C37H60N6O7. The molecule has 9 N–H and O–H groups in total. The molecule has 2 unspecified atom stereocenters. The van der Waals surface area contributed by atoms with Crippen molar-refractivity contribution in [2.45, 2.75) is 76.5 Å². The number of nitrogens with two attached hydrogens (primary N) is 2. The fourth-order valence-corrected chi connectivity index (χ4v) is 4.87. The minimum atomic E-state index is -0.666. The molecule has 4 atom stereocenters. The molecule has 2 rings (SSSR count). The summed E-state index contributed by atoms with van der Waals surface area (Å²) in [5.41, 5.74) is 13.4. The minimum absolute atomic E-state index is 0.0150. The number of nitrogens with one attached hydrogen (secondary N) is 4. The first-order chi connectivity index (χ1) is 24.1. The van der Waals surface area contributed by atoms with Crippen LogP contribution in [0.2, 0.25) is 0 Å². The maximum absolute atomic E-state index is 12.5. The number of rotatable bonds is 25. The number of aldehydes is 1. The Hall–Kier alpha value is -3.72. The second-order valence-corrected chi connectivity index (χ2v) is 12.3. The topological polar surface area (TPSA) is 207 Å². The number of hydrogen-bond acceptors (Lipinski definition) is 10. The third-order valence-electron chi connectivity index (χ3n) is 7.53. The van der Waals surface area contributed by atoms with E-state index >= 15 is 0 Å². The van der Waals surface area contributed by atoms with Crippen LogP contribution >= 0.6 is 0 Å². The van der Waals surface area contributed by atoms with Gasteiger partial charge in [0.15, 0.2) is 0 Å². The van der Waals surface area contributed by atoms with Crippen LogP contribution in [0.4, 0.5) is 0 Å². The van der Waals surface area contributed by atoms with Crippen molar-refractivity contribution in [3.8, 4) is 0 Å². The Labute approximate surface area is 297 Å². The number of carbonyl (C=O) groups excluding carboxylic acids is 4. The van der Waals surface area contributed by atoms with Gasteiger partial charge in [0, 0.05) is 6.54 Å². The van der Waals surface area contributed by atoms with Gasteiger partial charge in [0.25, 0.3) is 0 Å². The predicted molar refractivity (Wildman–Crippen MR) is 195 cm³/mol. The largest absolute Gasteiger partial charge is 0.394 e. The molecule has 0 aromatic heterocycles. The summed E-state index contributed by atoms with van der Waals surface area (Å²) in [6.07, 6.45) is 4.48. The molecule has 0 saturated heterocycles. The van der Waals surface area contributed by atoms with E-state index in [1.165, 1.54) is 0 Å². The zero-order valence-electron chi connectivity index (χ0n) is 30.0. The van der Waals surface area contributed by atoms with Gasteiger partial charge in [0.1, 0.15) is 12.3 Å². The molecule has 0 aliphatic carbocycles. The number of ether oxygens (including phenoxy) is 2. The molecule has 0 aliphatic heterocycles. The van der Waals surface area contributed by atoms with Gasteiger partial charge < -0.3 is 52.1 Å². The van der Waals surface area contributed by atoms with Gasteiger partial charge in [-0.2, -0.15) is 0 Å². The minimum Gasteiger partial charge on any atom is -0.394 e. The molecule has 13 heteroatoms. The quantitative estimate of drug-likeness (QED) is 0.0574. The fraction of sp³-hybridized carbons (Fsp3) is 0.568. The Balaban J connectivity index is 0.000000512. The Morgan fingerprint density at radius 1 is 0.800 bits per heavy atom. The molecule has 50 heavy (non-hydrogen) atoms. The third-order valence-corrected chi connectivity index (χ3v) is 7.53. The lowest BCUT2D eigenvalue weighted by molar-refractivity contribution is -0.130. The molecule has 0 radical (unpaired) electrons. The molecule has 2 aromatic carbocycles. The van der Waals surface area contributed by atoms with Crippen LogP contribution in [-0.2, 0) is 41.5 Å². The van der Waals surface area contributed by atoms with Gasteiger partial charge in [-0.15, -0.1) is 0 Å². The Morgan fingerprint density at radius 2 is 1.40 bits per heavy atom. The molecule has 13 nitrogen and oxygen atoms in total. The first-order valence-corrected chi connectivity index (χ1v) is 17.5. The second kappa shape index (κ2) is 28.0. The molecule has 0 saturated carbocycles. The molecular weight excluding hydrogens is 640 g/mol. The average molecular weight is 701 g/mol. The highest BCUT2D eigenvalue weighted by molar-refractivity contribution is 5.89. The lowest BCUT2D eigenvalue weighted by Crippen LogP contribution is -2.52. The van der Waals surface area contributed by atoms with Crippen LogP contribution in [0.5, 0.6) is 0 Å². The van der Waals surface area contributed by atoms with Crippen LogP contribution in [0.1, 0.15) is 50.7 Å². The highest BCUT2D eigenvalue weighted by Crippen LogP contribution is 2.07. The number of aliphatic hydroxyl groups excluding tert-OH is 1. The molecule has 3 amide bonds. The lowest BCUT2D eigenvalue weighted by atomic mass is 10.0. The summed E-state index contributed by atoms with van der Waals surface area (Å²) < 4.78 is 10.4. The summed E-state index contributed by atoms with van der Waals surface area (Å²) in [6.45, 7) is 6.43. The zero-order chi connectivity index (χ0) is 37.0. The SMILES string of the molecule is CNC(CC(C)C)C(=O)N[C@H](CCCCN)C(=O)NCCOCCOCCO.NC(Cc1ccccc1)C(=O)N[C@@H](C=O)Cc1ccccc1. The van der Waals surface area contributed by atoms with E-state index in [1.807, 2.05) is 60.7 Å². The van der Waals surface area contributed by atoms with Gasteiger partial charge in [0.05, 0.1) is 51.2 Å². The van der Waals surface area contributed by atoms with Crippen molar-refractivity contribution in [3.05, 3.63) is 71.8 Å². The van der Waals surface area contributed by atoms with Crippen molar-refractivity contribution in [3.63, 3.8) is 0 Å². The number of aliphatic hydroxyl groups is 1. The molecule has 0 aliphatic rings. The van der Waals surface area contributed by atoms with Crippen LogP contribution in [0.3, 0.4) is 0 Å². The molecule has 0 spiro atoms. The summed E-state index contributed by atoms with van der Waals surface area (Å²) >= 11 is 0. The van der Waals surface area contributed by atoms with Crippen molar-refractivity contribution in [2.24, 2.45) is 17.4 Å². The fourth-order valence-electron chi connectivity index (χ4n) is 4.87. The summed E-state index contributed by atoms with van der Waals surface area (Å²) in [7, 11) is 1.75. The van der Waals surface area contributed by atoms with Crippen molar-refractivity contribution < 1.29 is 33.8 Å². The monoisotopic (exact) mass is 700 g/mol. The van der Waals surface area contributed by atoms with E-state index in [2.05, 4.69) is 35.1 Å². The highest BCUT2D eigenvalue weighted by atomic mass is 16.5. The van der Waals surface area contributed by atoms with Gasteiger partial charge >= 0.3 is 0 Å². The van der Waals surface area contributed by atoms with E-state index in [0.29, 0.717) is 64.5 Å². The van der Waals surface area contributed by atoms with E-state index in [1.54, 1.807) is 7.05 Å². The van der Waals surface area contributed by atoms with Crippen LogP contribution in [0.25, 0.3) is 0 Å².